The Hall–Kier alpha value is -1.63. The van der Waals surface area contributed by atoms with Gasteiger partial charge in [0.2, 0.25) is 0 Å². The van der Waals surface area contributed by atoms with Crippen molar-refractivity contribution < 1.29 is 14.5 Å². The van der Waals surface area contributed by atoms with Crippen LogP contribution in [-0.2, 0) is 0 Å². The fourth-order valence-corrected chi connectivity index (χ4v) is 2.20. The number of nitrogens with zero attached hydrogens (tertiary/aromatic N) is 1. The van der Waals surface area contributed by atoms with Gasteiger partial charge in [0.05, 0.1) is 12.0 Å². The smallest absolute Gasteiger partial charge is 0.311 e. The van der Waals surface area contributed by atoms with Crippen LogP contribution < -0.4 is 10.1 Å². The average molecular weight is 331 g/mol. The molecule has 0 radical (unpaired) electrons. The van der Waals surface area contributed by atoms with E-state index in [4.69, 9.17) is 4.74 Å². The van der Waals surface area contributed by atoms with Crippen LogP contribution in [0.25, 0.3) is 0 Å². The van der Waals surface area contributed by atoms with Crippen molar-refractivity contribution >= 4 is 27.5 Å². The Labute approximate surface area is 119 Å². The lowest BCUT2D eigenvalue weighted by atomic mass is 10.1. The molecule has 0 spiro atoms. The summed E-state index contributed by atoms with van der Waals surface area (Å²) in [6.45, 7) is 1.87. The molecule has 19 heavy (non-hydrogen) atoms. The van der Waals surface area contributed by atoms with Gasteiger partial charge in [0, 0.05) is 23.0 Å². The minimum absolute atomic E-state index is 0.00645. The van der Waals surface area contributed by atoms with Crippen LogP contribution >= 0.6 is 15.9 Å². The summed E-state index contributed by atoms with van der Waals surface area (Å²) in [5, 5.41) is 14.4. The molecule has 0 saturated heterocycles. The minimum Gasteiger partial charge on any atom is -0.490 e. The van der Waals surface area contributed by atoms with Gasteiger partial charge in [-0.1, -0.05) is 15.9 Å². The molecule has 0 fully saturated rings. The number of hydrogen-bond acceptors (Lipinski definition) is 4. The third-order valence-corrected chi connectivity index (χ3v) is 3.02. The van der Waals surface area contributed by atoms with E-state index in [1.54, 1.807) is 0 Å². The summed E-state index contributed by atoms with van der Waals surface area (Å²) in [5.41, 5.74) is 0.0252. The monoisotopic (exact) mass is 330 g/mol. The highest BCUT2D eigenvalue weighted by molar-refractivity contribution is 9.09. The van der Waals surface area contributed by atoms with Crippen LogP contribution in [0, 0.1) is 10.1 Å². The van der Waals surface area contributed by atoms with Crippen molar-refractivity contribution in [2.24, 2.45) is 0 Å². The SMILES string of the molecule is COc1ccc(C(=O)NC(C)CCBr)cc1[N+](=O)[O-]. The van der Waals surface area contributed by atoms with Gasteiger partial charge in [-0.25, -0.2) is 0 Å². The molecular formula is C12H15BrN2O4. The molecule has 1 aromatic rings. The highest BCUT2D eigenvalue weighted by Gasteiger charge is 2.18. The molecule has 0 aliphatic rings. The highest BCUT2D eigenvalue weighted by Crippen LogP contribution is 2.27. The molecule has 0 saturated carbocycles. The third-order valence-electron chi connectivity index (χ3n) is 2.56. The van der Waals surface area contributed by atoms with Crippen molar-refractivity contribution in [2.45, 2.75) is 19.4 Å². The number of benzene rings is 1. The number of nitro groups is 1. The van der Waals surface area contributed by atoms with Crippen LogP contribution in [0.1, 0.15) is 23.7 Å². The quantitative estimate of drug-likeness (QED) is 0.493. The van der Waals surface area contributed by atoms with Gasteiger partial charge in [-0.15, -0.1) is 0 Å². The normalized spacial score (nSPS) is 11.7. The number of nitro benzene ring substituents is 1. The molecule has 0 aliphatic carbocycles. The number of ether oxygens (including phenoxy) is 1. The summed E-state index contributed by atoms with van der Waals surface area (Å²) in [6.07, 6.45) is 0.782. The van der Waals surface area contributed by atoms with Crippen LogP contribution in [0.4, 0.5) is 5.69 Å². The number of carbonyl (C=O) groups is 1. The van der Waals surface area contributed by atoms with Gasteiger partial charge in [0.15, 0.2) is 5.75 Å². The standard InChI is InChI=1S/C12H15BrN2O4/c1-8(5-6-13)14-12(16)9-3-4-11(19-2)10(7-9)15(17)18/h3-4,7-8H,5-6H2,1-2H3,(H,14,16). The number of carbonyl (C=O) groups excluding carboxylic acids is 1. The van der Waals surface area contributed by atoms with E-state index in [1.165, 1.54) is 25.3 Å². The number of hydrogen-bond donors (Lipinski definition) is 1. The number of nitrogens with one attached hydrogen (secondary N) is 1. The Morgan fingerprint density at radius 1 is 1.58 bits per heavy atom. The largest absolute Gasteiger partial charge is 0.490 e. The molecule has 104 valence electrons. The number of amides is 1. The summed E-state index contributed by atoms with van der Waals surface area (Å²) < 4.78 is 4.88. The fourth-order valence-electron chi connectivity index (χ4n) is 1.52. The van der Waals surface area contributed by atoms with E-state index in [2.05, 4.69) is 21.2 Å². The van der Waals surface area contributed by atoms with E-state index < -0.39 is 4.92 Å². The molecule has 1 N–H and O–H groups in total. The lowest BCUT2D eigenvalue weighted by molar-refractivity contribution is -0.385. The molecule has 1 aromatic carbocycles. The van der Waals surface area contributed by atoms with Gasteiger partial charge in [-0.05, 0) is 25.5 Å². The zero-order valence-corrected chi connectivity index (χ0v) is 12.3. The highest BCUT2D eigenvalue weighted by atomic mass is 79.9. The van der Waals surface area contributed by atoms with Gasteiger partial charge in [-0.2, -0.15) is 0 Å². The summed E-state index contributed by atoms with van der Waals surface area (Å²) in [4.78, 5) is 22.2. The van der Waals surface area contributed by atoms with E-state index >= 15 is 0 Å². The van der Waals surface area contributed by atoms with Crippen LogP contribution in [0.2, 0.25) is 0 Å². The third kappa shape index (κ3) is 4.20. The van der Waals surface area contributed by atoms with E-state index in [0.29, 0.717) is 0 Å². The zero-order valence-electron chi connectivity index (χ0n) is 10.7. The Morgan fingerprint density at radius 2 is 2.26 bits per heavy atom. The Morgan fingerprint density at radius 3 is 2.79 bits per heavy atom. The second-order valence-electron chi connectivity index (χ2n) is 4.00. The first-order valence-corrected chi connectivity index (χ1v) is 6.81. The van der Waals surface area contributed by atoms with Crippen LogP contribution in [-0.4, -0.2) is 29.3 Å². The number of rotatable bonds is 6. The van der Waals surface area contributed by atoms with Crippen molar-refractivity contribution in [2.75, 3.05) is 12.4 Å². The Bertz CT molecular complexity index is 479. The Balaban J connectivity index is 2.92. The van der Waals surface area contributed by atoms with Gasteiger partial charge < -0.3 is 10.1 Å². The van der Waals surface area contributed by atoms with Crippen LogP contribution in [0.15, 0.2) is 18.2 Å². The predicted octanol–water partition coefficient (Wildman–Crippen LogP) is 2.51. The van der Waals surface area contributed by atoms with Gasteiger partial charge in [0.1, 0.15) is 0 Å². The van der Waals surface area contributed by atoms with Crippen molar-refractivity contribution in [1.82, 2.24) is 5.32 Å². The molecule has 0 bridgehead atoms. The summed E-state index contributed by atoms with van der Waals surface area (Å²) in [6, 6.07) is 4.13. The maximum atomic E-state index is 11.9. The topological polar surface area (TPSA) is 81.5 Å². The first-order chi connectivity index (χ1) is 8.99. The van der Waals surface area contributed by atoms with E-state index in [0.717, 1.165) is 11.8 Å². The molecule has 1 amide bonds. The van der Waals surface area contributed by atoms with Gasteiger partial charge in [-0.3, -0.25) is 14.9 Å². The minimum atomic E-state index is -0.572. The van der Waals surface area contributed by atoms with E-state index in [-0.39, 0.29) is 28.9 Å². The molecule has 7 heteroatoms. The van der Waals surface area contributed by atoms with Crippen molar-refractivity contribution in [1.29, 1.82) is 0 Å². The molecule has 6 nitrogen and oxygen atoms in total. The van der Waals surface area contributed by atoms with E-state index in [9.17, 15) is 14.9 Å². The lowest BCUT2D eigenvalue weighted by Gasteiger charge is -2.12. The zero-order chi connectivity index (χ0) is 14.4. The maximum Gasteiger partial charge on any atom is 0.311 e. The summed E-state index contributed by atoms with van der Waals surface area (Å²) in [5.74, 6) is -0.200. The number of alkyl halides is 1. The van der Waals surface area contributed by atoms with E-state index in [1.807, 2.05) is 6.92 Å². The predicted molar refractivity (Wildman–Crippen MR) is 75.0 cm³/mol. The molecule has 0 aliphatic heterocycles. The fraction of sp³-hybridized carbons (Fsp3) is 0.417. The maximum absolute atomic E-state index is 11.9. The number of halogens is 1. The average Bonchev–Trinajstić information content (AvgIpc) is 2.37. The number of methoxy groups -OCH3 is 1. The Kier molecular flexibility index (Phi) is 5.75. The summed E-state index contributed by atoms with van der Waals surface area (Å²) >= 11 is 3.29. The van der Waals surface area contributed by atoms with Crippen molar-refractivity contribution in [3.05, 3.63) is 33.9 Å². The second kappa shape index (κ2) is 7.08. The lowest BCUT2D eigenvalue weighted by Crippen LogP contribution is -2.32. The molecule has 0 heterocycles. The van der Waals surface area contributed by atoms with Crippen LogP contribution in [0.5, 0.6) is 5.75 Å². The van der Waals surface area contributed by atoms with Gasteiger partial charge in [0.25, 0.3) is 5.91 Å². The molecule has 0 aromatic heterocycles. The van der Waals surface area contributed by atoms with Crippen LogP contribution in [0.3, 0.4) is 0 Å². The molecule has 1 unspecified atom stereocenters. The van der Waals surface area contributed by atoms with Crippen molar-refractivity contribution in [3.63, 3.8) is 0 Å². The van der Waals surface area contributed by atoms with Gasteiger partial charge >= 0.3 is 5.69 Å². The first kappa shape index (κ1) is 15.4. The first-order valence-electron chi connectivity index (χ1n) is 5.68. The molecular weight excluding hydrogens is 316 g/mol. The second-order valence-corrected chi connectivity index (χ2v) is 4.79. The molecule has 1 rings (SSSR count). The molecule has 1 atom stereocenters. The summed E-state index contributed by atoms with van der Waals surface area (Å²) in [7, 11) is 1.35. The van der Waals surface area contributed by atoms with Crippen molar-refractivity contribution in [3.8, 4) is 5.75 Å².